The molecule has 1 heterocycles. The van der Waals surface area contributed by atoms with E-state index in [0.717, 1.165) is 4.90 Å². The Kier molecular flexibility index (Phi) is 5.15. The van der Waals surface area contributed by atoms with E-state index in [1.807, 2.05) is 0 Å². The van der Waals surface area contributed by atoms with E-state index in [1.165, 1.54) is 25.1 Å². The first-order valence-corrected chi connectivity index (χ1v) is 7.36. The van der Waals surface area contributed by atoms with Crippen molar-refractivity contribution in [1.29, 1.82) is 0 Å². The lowest BCUT2D eigenvalue weighted by atomic mass is 10.1. The molecule has 6 nitrogen and oxygen atoms in total. The maximum Gasteiger partial charge on any atom is 0.442 e. The number of amides is 2. The van der Waals surface area contributed by atoms with E-state index in [1.54, 1.807) is 23.5 Å². The standard InChI is InChI=1S/C16H16F3N3O3/c1-3-10-22-12(11-8-6-5-7-9-11)20-15(13(22)23,16(17,18)19)21-14(24)25-4-2/h3,5-9H,1,4,10H2,2H3,(H,21,24)/t15-/m0/s1. The molecular weight excluding hydrogens is 339 g/mol. The summed E-state index contributed by atoms with van der Waals surface area (Å²) in [6, 6.07) is 7.89. The zero-order chi connectivity index (χ0) is 18.7. The van der Waals surface area contributed by atoms with Crippen LogP contribution in [0.2, 0.25) is 0 Å². The molecule has 0 radical (unpaired) electrons. The van der Waals surface area contributed by atoms with Crippen molar-refractivity contribution < 1.29 is 27.5 Å². The number of carbonyl (C=O) groups excluding carboxylic acids is 2. The number of carbonyl (C=O) groups is 2. The molecule has 1 aliphatic rings. The summed E-state index contributed by atoms with van der Waals surface area (Å²) < 4.78 is 45.7. The summed E-state index contributed by atoms with van der Waals surface area (Å²) in [6.45, 7) is 4.52. The van der Waals surface area contributed by atoms with Gasteiger partial charge in [0.1, 0.15) is 5.84 Å². The van der Waals surface area contributed by atoms with E-state index in [4.69, 9.17) is 0 Å². The van der Waals surface area contributed by atoms with Crippen molar-refractivity contribution in [1.82, 2.24) is 10.2 Å². The van der Waals surface area contributed by atoms with E-state index in [2.05, 4.69) is 16.3 Å². The van der Waals surface area contributed by atoms with Crippen molar-refractivity contribution in [2.24, 2.45) is 4.99 Å². The predicted molar refractivity (Wildman–Crippen MR) is 83.8 cm³/mol. The van der Waals surface area contributed by atoms with Crippen LogP contribution in [-0.4, -0.2) is 47.7 Å². The smallest absolute Gasteiger partial charge is 0.442 e. The van der Waals surface area contributed by atoms with Gasteiger partial charge in [-0.2, -0.15) is 13.2 Å². The van der Waals surface area contributed by atoms with Crippen molar-refractivity contribution in [3.63, 3.8) is 0 Å². The summed E-state index contributed by atoms with van der Waals surface area (Å²) in [5, 5.41) is 1.57. The molecule has 0 aliphatic carbocycles. The highest BCUT2D eigenvalue weighted by molar-refractivity contribution is 6.16. The van der Waals surface area contributed by atoms with Gasteiger partial charge in [0, 0.05) is 12.1 Å². The van der Waals surface area contributed by atoms with Gasteiger partial charge in [-0.15, -0.1) is 6.58 Å². The lowest BCUT2D eigenvalue weighted by molar-refractivity contribution is -0.196. The number of aliphatic imine (C=N–C) groups is 1. The van der Waals surface area contributed by atoms with Gasteiger partial charge < -0.3 is 4.74 Å². The number of nitrogens with one attached hydrogen (secondary N) is 1. The van der Waals surface area contributed by atoms with E-state index < -0.39 is 23.8 Å². The third-order valence-electron chi connectivity index (χ3n) is 3.40. The first-order chi connectivity index (χ1) is 11.8. The maximum absolute atomic E-state index is 13.7. The Morgan fingerprint density at radius 1 is 1.40 bits per heavy atom. The third kappa shape index (κ3) is 3.35. The monoisotopic (exact) mass is 355 g/mol. The Hall–Kier alpha value is -2.84. The fraction of sp³-hybridized carbons (Fsp3) is 0.312. The molecule has 2 rings (SSSR count). The molecule has 1 aliphatic heterocycles. The second-order valence-corrected chi connectivity index (χ2v) is 5.06. The Labute approximate surface area is 142 Å². The van der Waals surface area contributed by atoms with Gasteiger partial charge in [-0.3, -0.25) is 15.0 Å². The molecule has 0 unspecified atom stereocenters. The number of alkyl carbamates (subject to hydrolysis) is 1. The molecule has 1 N–H and O–H groups in total. The molecule has 0 saturated carbocycles. The zero-order valence-corrected chi connectivity index (χ0v) is 13.3. The van der Waals surface area contributed by atoms with Crippen molar-refractivity contribution in [2.75, 3.05) is 13.2 Å². The molecule has 0 fully saturated rings. The van der Waals surface area contributed by atoms with Crippen molar-refractivity contribution in [3.05, 3.63) is 48.6 Å². The van der Waals surface area contributed by atoms with E-state index in [0.29, 0.717) is 5.56 Å². The van der Waals surface area contributed by atoms with Crippen LogP contribution in [0.1, 0.15) is 12.5 Å². The van der Waals surface area contributed by atoms with Crippen LogP contribution >= 0.6 is 0 Å². The number of rotatable bonds is 5. The third-order valence-corrected chi connectivity index (χ3v) is 3.40. The number of ether oxygens (including phenoxy) is 1. The van der Waals surface area contributed by atoms with Crippen LogP contribution < -0.4 is 5.32 Å². The summed E-state index contributed by atoms with van der Waals surface area (Å²) in [5.74, 6) is -1.63. The van der Waals surface area contributed by atoms with Gasteiger partial charge in [-0.05, 0) is 6.92 Å². The lowest BCUT2D eigenvalue weighted by Crippen LogP contribution is -2.63. The van der Waals surface area contributed by atoms with Crippen LogP contribution in [0.4, 0.5) is 18.0 Å². The molecule has 0 aromatic heterocycles. The highest BCUT2D eigenvalue weighted by Crippen LogP contribution is 2.38. The maximum atomic E-state index is 13.7. The summed E-state index contributed by atoms with van der Waals surface area (Å²) in [4.78, 5) is 28.6. The van der Waals surface area contributed by atoms with Crippen LogP contribution in [0.15, 0.2) is 48.0 Å². The Morgan fingerprint density at radius 2 is 2.04 bits per heavy atom. The summed E-state index contributed by atoms with van der Waals surface area (Å²) in [5.41, 5.74) is -3.14. The molecule has 0 bridgehead atoms. The molecule has 1 aromatic carbocycles. The van der Waals surface area contributed by atoms with Gasteiger partial charge in [0.2, 0.25) is 0 Å². The molecule has 134 valence electrons. The van der Waals surface area contributed by atoms with Gasteiger partial charge in [0.05, 0.1) is 6.61 Å². The molecule has 9 heteroatoms. The second kappa shape index (κ2) is 6.96. The van der Waals surface area contributed by atoms with Crippen molar-refractivity contribution in [2.45, 2.75) is 18.8 Å². The minimum atomic E-state index is -5.16. The average molecular weight is 355 g/mol. The quantitative estimate of drug-likeness (QED) is 0.825. The number of hydrogen-bond acceptors (Lipinski definition) is 4. The highest BCUT2D eigenvalue weighted by Gasteiger charge is 2.67. The first-order valence-electron chi connectivity index (χ1n) is 7.36. The van der Waals surface area contributed by atoms with Crippen LogP contribution in [0.25, 0.3) is 0 Å². The predicted octanol–water partition coefficient (Wildman–Crippen LogP) is 2.47. The first kappa shape index (κ1) is 18.5. The van der Waals surface area contributed by atoms with Crippen molar-refractivity contribution in [3.8, 4) is 0 Å². The zero-order valence-electron chi connectivity index (χ0n) is 13.3. The number of nitrogens with zero attached hydrogens (tertiary/aromatic N) is 2. The van der Waals surface area contributed by atoms with Crippen LogP contribution in [-0.2, 0) is 9.53 Å². The number of hydrogen-bond donors (Lipinski definition) is 1. The molecule has 25 heavy (non-hydrogen) atoms. The summed E-state index contributed by atoms with van der Waals surface area (Å²) in [7, 11) is 0. The van der Waals surface area contributed by atoms with Gasteiger partial charge in [-0.1, -0.05) is 36.4 Å². The fourth-order valence-corrected chi connectivity index (χ4v) is 2.32. The number of amidine groups is 1. The second-order valence-electron chi connectivity index (χ2n) is 5.06. The molecule has 1 atom stereocenters. The van der Waals surface area contributed by atoms with E-state index in [-0.39, 0.29) is 19.0 Å². The SMILES string of the molecule is C=CCN1C(=O)[C@](NC(=O)OCC)(C(F)(F)F)N=C1c1ccccc1. The molecule has 0 saturated heterocycles. The van der Waals surface area contributed by atoms with E-state index in [9.17, 15) is 22.8 Å². The minimum Gasteiger partial charge on any atom is -0.450 e. The topological polar surface area (TPSA) is 71.0 Å². The van der Waals surface area contributed by atoms with Crippen molar-refractivity contribution >= 4 is 17.8 Å². The van der Waals surface area contributed by atoms with Gasteiger partial charge in [0.15, 0.2) is 0 Å². The Balaban J connectivity index is 2.58. The molecule has 1 aromatic rings. The Morgan fingerprint density at radius 3 is 2.56 bits per heavy atom. The van der Waals surface area contributed by atoms with Crippen LogP contribution in [0.5, 0.6) is 0 Å². The summed E-state index contributed by atoms with van der Waals surface area (Å²) >= 11 is 0. The van der Waals surface area contributed by atoms with Gasteiger partial charge in [0.25, 0.3) is 5.91 Å². The van der Waals surface area contributed by atoms with Crippen LogP contribution in [0, 0.1) is 0 Å². The number of alkyl halides is 3. The molecule has 2 amide bonds. The Bertz CT molecular complexity index is 704. The average Bonchev–Trinajstić information content (AvgIpc) is 2.83. The number of halogens is 3. The molecular formula is C16H16F3N3O3. The van der Waals surface area contributed by atoms with E-state index >= 15 is 0 Å². The fourth-order valence-electron chi connectivity index (χ4n) is 2.32. The van der Waals surface area contributed by atoms with Crippen LogP contribution in [0.3, 0.4) is 0 Å². The molecule has 0 spiro atoms. The van der Waals surface area contributed by atoms with Gasteiger partial charge in [-0.25, -0.2) is 9.79 Å². The normalized spacial score (nSPS) is 20.2. The minimum absolute atomic E-state index is 0.153. The largest absolute Gasteiger partial charge is 0.450 e. The number of benzene rings is 1. The highest BCUT2D eigenvalue weighted by atomic mass is 19.4. The lowest BCUT2D eigenvalue weighted by Gasteiger charge is -2.28. The van der Waals surface area contributed by atoms with Gasteiger partial charge >= 0.3 is 17.9 Å². The summed E-state index contributed by atoms with van der Waals surface area (Å²) in [6.07, 6.45) is -5.27.